The number of likely N-dealkylation sites (N-methyl/N-ethyl adjacent to an activating group) is 1. The lowest BCUT2D eigenvalue weighted by molar-refractivity contribution is -0.117. The summed E-state index contributed by atoms with van der Waals surface area (Å²) < 4.78 is 54.3. The zero-order chi connectivity index (χ0) is 17.0. The van der Waals surface area contributed by atoms with Gasteiger partial charge in [0.15, 0.2) is 23.3 Å². The largest absolute Gasteiger partial charge is 0.351 e. The summed E-state index contributed by atoms with van der Waals surface area (Å²) in [6.45, 7) is 5.11. The van der Waals surface area contributed by atoms with Crippen molar-refractivity contribution in [2.75, 3.05) is 20.1 Å². The second kappa shape index (κ2) is 7.70. The molecule has 1 atom stereocenters. The molecule has 22 heavy (non-hydrogen) atoms. The van der Waals surface area contributed by atoms with Gasteiger partial charge in [0.05, 0.1) is 0 Å². The molecule has 0 bridgehead atoms. The Bertz CT molecular complexity index is 578. The Kier molecular flexibility index (Phi) is 6.50. The van der Waals surface area contributed by atoms with E-state index >= 15 is 0 Å². The summed E-state index contributed by atoms with van der Waals surface area (Å²) in [5.41, 5.74) is -0.352. The quantitative estimate of drug-likeness (QED) is 0.372. The molecule has 1 amide bonds. The molecule has 0 radical (unpaired) electrons. The molecule has 0 aromatic heterocycles. The predicted molar refractivity (Wildman–Crippen MR) is 79.8 cm³/mol. The van der Waals surface area contributed by atoms with Gasteiger partial charge in [0, 0.05) is 36.1 Å². The van der Waals surface area contributed by atoms with Gasteiger partial charge >= 0.3 is 0 Å². The summed E-state index contributed by atoms with van der Waals surface area (Å²) in [6.07, 6.45) is 0. The van der Waals surface area contributed by atoms with Crippen LogP contribution in [0.5, 0.6) is 0 Å². The van der Waals surface area contributed by atoms with Crippen LogP contribution in [-0.2, 0) is 11.3 Å². The highest BCUT2D eigenvalue weighted by molar-refractivity contribution is 7.27. The monoisotopic (exact) mass is 336 g/mol. The molecule has 1 aromatic rings. The molecule has 1 aromatic carbocycles. The number of hydrogen-bond donors (Lipinski definition) is 1. The molecular weight excluding hydrogens is 319 g/mol. The van der Waals surface area contributed by atoms with Crippen molar-refractivity contribution in [1.29, 1.82) is 0 Å². The van der Waals surface area contributed by atoms with Gasteiger partial charge in [-0.25, -0.2) is 17.6 Å². The van der Waals surface area contributed by atoms with Crippen molar-refractivity contribution < 1.29 is 22.4 Å². The van der Waals surface area contributed by atoms with Gasteiger partial charge < -0.3 is 10.2 Å². The summed E-state index contributed by atoms with van der Waals surface area (Å²) in [4.78, 5) is 12.7. The lowest BCUT2D eigenvalue weighted by Gasteiger charge is -2.18. The first-order valence-electron chi connectivity index (χ1n) is 6.39. The topological polar surface area (TPSA) is 32.3 Å². The third-order valence-corrected chi connectivity index (χ3v) is 3.49. The van der Waals surface area contributed by atoms with Crippen LogP contribution in [0.4, 0.5) is 17.6 Å². The molecule has 1 rings (SSSR count). The second-order valence-corrected chi connectivity index (χ2v) is 5.50. The molecule has 0 spiro atoms. The minimum atomic E-state index is -1.43. The lowest BCUT2D eigenvalue weighted by atomic mass is 10.1. The number of nitrogens with zero attached hydrogens (tertiary/aromatic N) is 1. The van der Waals surface area contributed by atoms with E-state index in [1.807, 2.05) is 0 Å². The van der Waals surface area contributed by atoms with Crippen LogP contribution >= 0.6 is 9.24 Å². The Morgan fingerprint density at radius 2 is 1.68 bits per heavy atom. The molecule has 1 unspecified atom stereocenters. The highest BCUT2D eigenvalue weighted by Crippen LogP contribution is 2.20. The van der Waals surface area contributed by atoms with E-state index in [4.69, 9.17) is 0 Å². The zero-order valence-corrected chi connectivity index (χ0v) is 13.4. The van der Waals surface area contributed by atoms with Gasteiger partial charge in [0.2, 0.25) is 5.91 Å². The predicted octanol–water partition coefficient (Wildman–Crippen LogP) is 1.87. The zero-order valence-electron chi connectivity index (χ0n) is 12.3. The molecule has 0 aliphatic carbocycles. The normalized spacial score (nSPS) is 10.9. The van der Waals surface area contributed by atoms with Gasteiger partial charge in [-0.1, -0.05) is 15.8 Å². The molecule has 0 saturated carbocycles. The van der Waals surface area contributed by atoms with Crippen molar-refractivity contribution in [1.82, 2.24) is 10.2 Å². The van der Waals surface area contributed by atoms with Crippen molar-refractivity contribution >= 4 is 20.5 Å². The van der Waals surface area contributed by atoms with Crippen LogP contribution in [0.25, 0.3) is 0 Å². The van der Waals surface area contributed by atoms with Gasteiger partial charge in [-0.3, -0.25) is 4.79 Å². The van der Waals surface area contributed by atoms with E-state index in [1.54, 1.807) is 16.2 Å². The van der Waals surface area contributed by atoms with E-state index in [0.717, 1.165) is 0 Å². The van der Waals surface area contributed by atoms with E-state index < -0.39 is 34.1 Å². The number of carbonyl (C=O) groups is 1. The molecule has 0 aliphatic heterocycles. The number of halogens is 4. The first-order chi connectivity index (χ1) is 10.2. The minimum absolute atomic E-state index is 0.206. The third-order valence-electron chi connectivity index (χ3n) is 2.98. The SMILES string of the molecule is C=C(C)C(=O)NCCN(C)Cc1c(F)c(F)c(P)c(F)c1F. The molecule has 0 heterocycles. The molecule has 122 valence electrons. The van der Waals surface area contributed by atoms with Gasteiger partial charge in [0.1, 0.15) is 0 Å². The average Bonchev–Trinajstić information content (AvgIpc) is 2.47. The average molecular weight is 336 g/mol. The maximum Gasteiger partial charge on any atom is 0.246 e. The van der Waals surface area contributed by atoms with Crippen LogP contribution in [0.3, 0.4) is 0 Å². The summed E-state index contributed by atoms with van der Waals surface area (Å²) in [7, 11) is 3.14. The third kappa shape index (κ3) is 4.27. The molecule has 1 N–H and O–H groups in total. The Labute approximate surface area is 128 Å². The maximum absolute atomic E-state index is 13.7. The first-order valence-corrected chi connectivity index (χ1v) is 6.97. The van der Waals surface area contributed by atoms with Crippen molar-refractivity contribution in [3.8, 4) is 0 Å². The van der Waals surface area contributed by atoms with Crippen molar-refractivity contribution in [2.24, 2.45) is 0 Å². The lowest BCUT2D eigenvalue weighted by Crippen LogP contribution is -2.33. The van der Waals surface area contributed by atoms with Crippen LogP contribution in [0, 0.1) is 23.3 Å². The van der Waals surface area contributed by atoms with E-state index in [9.17, 15) is 22.4 Å². The van der Waals surface area contributed by atoms with Crippen molar-refractivity contribution in [3.63, 3.8) is 0 Å². The molecule has 0 saturated heterocycles. The van der Waals surface area contributed by atoms with Gasteiger partial charge in [-0.15, -0.1) is 0 Å². The fraction of sp³-hybridized carbons (Fsp3) is 0.357. The van der Waals surface area contributed by atoms with E-state index in [2.05, 4.69) is 11.9 Å². The molecular formula is C14H17F4N2OP. The van der Waals surface area contributed by atoms with E-state index in [0.29, 0.717) is 5.57 Å². The van der Waals surface area contributed by atoms with Crippen LogP contribution in [0.15, 0.2) is 12.2 Å². The Morgan fingerprint density at radius 3 is 2.14 bits per heavy atom. The first kappa shape index (κ1) is 18.6. The maximum atomic E-state index is 13.7. The number of nitrogens with one attached hydrogen (secondary N) is 1. The number of carbonyl (C=O) groups excluding carboxylic acids is 1. The number of benzene rings is 1. The summed E-state index contributed by atoms with van der Waals surface area (Å²) in [6, 6.07) is 0. The van der Waals surface area contributed by atoms with E-state index in [-0.39, 0.29) is 25.5 Å². The minimum Gasteiger partial charge on any atom is -0.351 e. The van der Waals surface area contributed by atoms with Gasteiger partial charge in [-0.05, 0) is 14.0 Å². The summed E-state index contributed by atoms with van der Waals surface area (Å²) >= 11 is 0. The Balaban J connectivity index is 2.75. The highest BCUT2D eigenvalue weighted by atomic mass is 31.0. The standard InChI is InChI=1S/C14H17F4N2OP/c1-7(2)14(21)19-4-5-20(3)6-8-9(15)11(17)13(22)12(18)10(8)16/h1,4-6,22H2,2-3H3,(H,19,21). The van der Waals surface area contributed by atoms with Crippen LogP contribution in [0.2, 0.25) is 0 Å². The molecule has 3 nitrogen and oxygen atoms in total. The Hall–Kier alpha value is -1.46. The second-order valence-electron chi connectivity index (χ2n) is 4.92. The summed E-state index contributed by atoms with van der Waals surface area (Å²) in [5, 5.41) is 1.77. The van der Waals surface area contributed by atoms with Crippen LogP contribution in [0.1, 0.15) is 12.5 Å². The molecule has 8 heteroatoms. The number of rotatable bonds is 6. The fourth-order valence-corrected chi connectivity index (χ4v) is 1.95. The Morgan fingerprint density at radius 1 is 1.18 bits per heavy atom. The van der Waals surface area contributed by atoms with Gasteiger partial charge in [0.25, 0.3) is 0 Å². The van der Waals surface area contributed by atoms with Crippen LogP contribution in [-0.4, -0.2) is 30.9 Å². The summed E-state index contributed by atoms with van der Waals surface area (Å²) in [5.74, 6) is -6.02. The van der Waals surface area contributed by atoms with Gasteiger partial charge in [-0.2, -0.15) is 0 Å². The molecule has 0 fully saturated rings. The number of hydrogen-bond acceptors (Lipinski definition) is 2. The number of amides is 1. The van der Waals surface area contributed by atoms with Crippen molar-refractivity contribution in [3.05, 3.63) is 41.0 Å². The van der Waals surface area contributed by atoms with E-state index in [1.165, 1.54) is 11.9 Å². The molecule has 0 aliphatic rings. The highest BCUT2D eigenvalue weighted by Gasteiger charge is 2.23. The fourth-order valence-electron chi connectivity index (χ4n) is 1.69. The smallest absolute Gasteiger partial charge is 0.246 e. The van der Waals surface area contributed by atoms with Crippen molar-refractivity contribution in [2.45, 2.75) is 13.5 Å². The van der Waals surface area contributed by atoms with Crippen LogP contribution < -0.4 is 10.6 Å².